The minimum absolute atomic E-state index is 0.0491. The van der Waals surface area contributed by atoms with Gasteiger partial charge in [-0.1, -0.05) is 91.0 Å². The zero-order valence-corrected chi connectivity index (χ0v) is 27.2. The van der Waals surface area contributed by atoms with Crippen molar-refractivity contribution in [2.45, 2.75) is 56.2 Å². The number of rotatable bonds is 8. The molecular weight excluding hydrogens is 596 g/mol. The van der Waals surface area contributed by atoms with Crippen LogP contribution in [-0.2, 0) is 10.3 Å². The summed E-state index contributed by atoms with van der Waals surface area (Å²) in [4.78, 5) is 12.0. The van der Waals surface area contributed by atoms with Gasteiger partial charge in [0.05, 0.1) is 30.2 Å². The van der Waals surface area contributed by atoms with Crippen molar-refractivity contribution in [3.8, 4) is 5.88 Å². The molecule has 8 nitrogen and oxygen atoms in total. The van der Waals surface area contributed by atoms with E-state index in [9.17, 15) is 0 Å². The Morgan fingerprint density at radius 2 is 1.44 bits per heavy atom. The highest BCUT2D eigenvalue weighted by molar-refractivity contribution is 5.85. The Labute approximate surface area is 281 Å². The minimum atomic E-state index is -0.636. The maximum atomic E-state index is 6.75. The molecule has 0 radical (unpaired) electrons. The molecule has 0 N–H and O–H groups in total. The Hall–Kier alpha value is -5.08. The highest BCUT2D eigenvalue weighted by Gasteiger charge is 2.42. The van der Waals surface area contributed by atoms with Crippen molar-refractivity contribution in [3.63, 3.8) is 0 Å². The number of morpholine rings is 1. The predicted octanol–water partition coefficient (Wildman–Crippen LogP) is 7.39. The molecule has 1 aliphatic heterocycles. The molecular formula is C40H40N6O2. The van der Waals surface area contributed by atoms with E-state index in [1.165, 1.54) is 16.7 Å². The van der Waals surface area contributed by atoms with Gasteiger partial charge in [-0.15, -0.1) is 10.2 Å². The summed E-state index contributed by atoms with van der Waals surface area (Å²) in [5.41, 5.74) is 3.77. The van der Waals surface area contributed by atoms with Gasteiger partial charge in [-0.3, -0.25) is 9.55 Å². The molecule has 8 rings (SSSR count). The lowest BCUT2D eigenvalue weighted by Gasteiger charge is -2.39. The van der Waals surface area contributed by atoms with Crippen LogP contribution in [0.15, 0.2) is 122 Å². The number of ether oxygens (including phenoxy) is 2. The second-order valence-electron chi connectivity index (χ2n) is 12.9. The van der Waals surface area contributed by atoms with Crippen molar-refractivity contribution in [2.24, 2.45) is 0 Å². The van der Waals surface area contributed by atoms with E-state index in [4.69, 9.17) is 19.6 Å². The summed E-state index contributed by atoms with van der Waals surface area (Å²) in [6.45, 7) is 4.35. The lowest BCUT2D eigenvalue weighted by molar-refractivity contribution is 0.0982. The molecule has 1 saturated heterocycles. The van der Waals surface area contributed by atoms with Gasteiger partial charge < -0.3 is 14.4 Å². The number of nitrogens with zero attached hydrogens (tertiary/aromatic N) is 6. The fraction of sp³-hybridized carbons (Fsp3) is 0.300. The summed E-state index contributed by atoms with van der Waals surface area (Å²) in [7, 11) is 0. The van der Waals surface area contributed by atoms with Crippen LogP contribution >= 0.6 is 0 Å². The van der Waals surface area contributed by atoms with E-state index in [-0.39, 0.29) is 18.1 Å². The van der Waals surface area contributed by atoms with Crippen molar-refractivity contribution < 1.29 is 9.47 Å². The molecule has 0 bridgehead atoms. The largest absolute Gasteiger partial charge is 0.474 e. The van der Waals surface area contributed by atoms with E-state index in [0.29, 0.717) is 19.1 Å². The van der Waals surface area contributed by atoms with Crippen LogP contribution < -0.4 is 9.64 Å². The van der Waals surface area contributed by atoms with Crippen LogP contribution in [0, 0.1) is 0 Å². The summed E-state index contributed by atoms with van der Waals surface area (Å²) < 4.78 is 14.8. The van der Waals surface area contributed by atoms with E-state index >= 15 is 0 Å². The molecule has 0 amide bonds. The third-order valence-corrected chi connectivity index (χ3v) is 10.0. The Kier molecular flexibility index (Phi) is 8.32. The van der Waals surface area contributed by atoms with Gasteiger partial charge >= 0.3 is 0 Å². The highest BCUT2D eigenvalue weighted by atomic mass is 16.5. The van der Waals surface area contributed by atoms with Gasteiger partial charge in [0, 0.05) is 24.7 Å². The van der Waals surface area contributed by atoms with E-state index in [1.807, 2.05) is 18.6 Å². The zero-order chi connectivity index (χ0) is 32.3. The molecule has 1 aliphatic carbocycles. The standard InChI is InChI=1S/C40H40N6O2/c1-29-27-47-25-24-45(29)37-26-36-35(18-11-23-41-36)39(43-37)48-34-21-19-30(20-22-34)38-44-42-28-46(38)40(31-12-5-2-6-13-31,32-14-7-3-8-15-32)33-16-9-4-10-17-33/h2-18,23,26,28-30,34H,19-22,24-25,27H2,1H3/t29-,30?,34?/m0/s1. The van der Waals surface area contributed by atoms with Crippen LogP contribution in [0.5, 0.6) is 5.88 Å². The third-order valence-electron chi connectivity index (χ3n) is 10.0. The van der Waals surface area contributed by atoms with Crippen molar-refractivity contribution in [1.82, 2.24) is 24.7 Å². The van der Waals surface area contributed by atoms with Gasteiger partial charge in [0.2, 0.25) is 5.88 Å². The molecule has 3 aromatic heterocycles. The van der Waals surface area contributed by atoms with E-state index < -0.39 is 5.54 Å². The number of aromatic nitrogens is 5. The first-order valence-corrected chi connectivity index (χ1v) is 17.1. The van der Waals surface area contributed by atoms with Crippen molar-refractivity contribution in [1.29, 1.82) is 0 Å². The molecule has 2 aliphatic rings. The van der Waals surface area contributed by atoms with Gasteiger partial charge in [-0.2, -0.15) is 4.98 Å². The van der Waals surface area contributed by atoms with E-state index in [1.54, 1.807) is 0 Å². The summed E-state index contributed by atoms with van der Waals surface area (Å²) >= 11 is 0. The van der Waals surface area contributed by atoms with Gasteiger partial charge in [0.15, 0.2) is 0 Å². The molecule has 242 valence electrons. The fourth-order valence-corrected chi connectivity index (χ4v) is 7.67. The van der Waals surface area contributed by atoms with Gasteiger partial charge in [-0.25, -0.2) is 0 Å². The van der Waals surface area contributed by atoms with Gasteiger partial charge in [-0.05, 0) is 61.4 Å². The van der Waals surface area contributed by atoms with Crippen LogP contribution in [0.1, 0.15) is 61.0 Å². The van der Waals surface area contributed by atoms with Crippen molar-refractivity contribution >= 4 is 16.7 Å². The van der Waals surface area contributed by atoms with Crippen LogP contribution in [0.2, 0.25) is 0 Å². The maximum Gasteiger partial charge on any atom is 0.225 e. The Morgan fingerprint density at radius 3 is 2.06 bits per heavy atom. The Morgan fingerprint density at radius 1 is 0.792 bits per heavy atom. The highest BCUT2D eigenvalue weighted by Crippen LogP contribution is 2.44. The first-order valence-electron chi connectivity index (χ1n) is 17.1. The average Bonchev–Trinajstić information content (AvgIpc) is 3.64. The van der Waals surface area contributed by atoms with Crippen molar-refractivity contribution in [3.05, 3.63) is 144 Å². The number of anilines is 1. The quantitative estimate of drug-likeness (QED) is 0.161. The first-order chi connectivity index (χ1) is 23.7. The second kappa shape index (κ2) is 13.2. The summed E-state index contributed by atoms with van der Waals surface area (Å²) in [6, 6.07) is 38.5. The molecule has 0 unspecified atom stereocenters. The van der Waals surface area contributed by atoms with Gasteiger partial charge in [0.25, 0.3) is 0 Å². The van der Waals surface area contributed by atoms with Gasteiger partial charge in [0.1, 0.15) is 29.6 Å². The lowest BCUT2D eigenvalue weighted by atomic mass is 9.76. The van der Waals surface area contributed by atoms with Crippen LogP contribution in [0.3, 0.4) is 0 Å². The number of pyridine rings is 2. The molecule has 4 heterocycles. The third kappa shape index (κ3) is 5.50. The molecule has 2 fully saturated rings. The number of hydrogen-bond acceptors (Lipinski definition) is 7. The topological polar surface area (TPSA) is 78.2 Å². The molecule has 6 aromatic rings. The smallest absolute Gasteiger partial charge is 0.225 e. The Balaban J connectivity index is 1.11. The molecule has 48 heavy (non-hydrogen) atoms. The number of hydrogen-bond donors (Lipinski definition) is 0. The first kappa shape index (κ1) is 30.3. The lowest BCUT2D eigenvalue weighted by Crippen LogP contribution is -2.44. The summed E-state index contributed by atoms with van der Waals surface area (Å²) in [5.74, 6) is 2.79. The molecule has 1 atom stereocenters. The SMILES string of the molecule is C[C@H]1COCCN1c1cc2ncccc2c(OC2CCC(c3nncn3C(c3ccccc3)(c3ccccc3)c3ccccc3)CC2)n1. The fourth-order valence-electron chi connectivity index (χ4n) is 7.67. The van der Waals surface area contributed by atoms with Crippen LogP contribution in [0.4, 0.5) is 5.82 Å². The van der Waals surface area contributed by atoms with Crippen molar-refractivity contribution in [2.75, 3.05) is 24.7 Å². The summed E-state index contributed by atoms with van der Waals surface area (Å²) in [6.07, 6.45) is 7.48. The van der Waals surface area contributed by atoms with Crippen LogP contribution in [0.25, 0.3) is 10.9 Å². The van der Waals surface area contributed by atoms with E-state index in [0.717, 1.165) is 54.8 Å². The van der Waals surface area contributed by atoms with E-state index in [2.05, 4.69) is 130 Å². The normalized spacial score (nSPS) is 20.1. The summed E-state index contributed by atoms with van der Waals surface area (Å²) in [5, 5.41) is 10.4. The molecule has 1 saturated carbocycles. The zero-order valence-electron chi connectivity index (χ0n) is 27.2. The molecule has 8 heteroatoms. The molecule has 0 spiro atoms. The maximum absolute atomic E-state index is 6.75. The minimum Gasteiger partial charge on any atom is -0.474 e. The molecule has 3 aromatic carbocycles. The average molecular weight is 637 g/mol. The second-order valence-corrected chi connectivity index (χ2v) is 12.9. The predicted molar refractivity (Wildman–Crippen MR) is 187 cm³/mol. The monoisotopic (exact) mass is 636 g/mol. The van der Waals surface area contributed by atoms with Crippen LogP contribution in [-0.4, -0.2) is 56.6 Å². The number of benzene rings is 3. The number of fused-ring (bicyclic) bond motifs is 1. The Bertz CT molecular complexity index is 1860.